The van der Waals surface area contributed by atoms with Gasteiger partial charge in [-0.3, -0.25) is 4.57 Å². The largest absolute Gasteiger partial charge is 0.387 e. The van der Waals surface area contributed by atoms with Crippen molar-refractivity contribution in [3.8, 4) is 0 Å². The molecule has 3 rings (SSSR count). The molecule has 1 aliphatic rings. The molecule has 4 atom stereocenters. The van der Waals surface area contributed by atoms with E-state index >= 15 is 0 Å². The molecule has 0 spiro atoms. The van der Waals surface area contributed by atoms with Crippen LogP contribution in [0.15, 0.2) is 6.33 Å². The summed E-state index contributed by atoms with van der Waals surface area (Å²) in [5.74, 6) is 0. The van der Waals surface area contributed by atoms with Crippen LogP contribution in [0.25, 0.3) is 11.2 Å². The first-order chi connectivity index (χ1) is 9.52. The van der Waals surface area contributed by atoms with Gasteiger partial charge in [0.2, 0.25) is 5.28 Å². The Hall–Kier alpha value is -1.32. The second kappa shape index (κ2) is 4.90. The van der Waals surface area contributed by atoms with Crippen LogP contribution in [0.1, 0.15) is 11.9 Å². The highest BCUT2D eigenvalue weighted by molar-refractivity contribution is 6.28. The monoisotopic (exact) mass is 299 g/mol. The average Bonchev–Trinajstić information content (AvgIpc) is 2.93. The first-order valence-corrected chi connectivity index (χ1v) is 6.49. The standard InChI is InChI=1S/C11H14ClN5O3/c1-4-6-9(16-11(12)15-4)17(3-14-6)10-8(19)7(18)5(2-13)20-10/h3,5,7-8,10,18-19H,2,13H2,1H3/t5-,7-,8-,10-/m1/s1. The summed E-state index contributed by atoms with van der Waals surface area (Å²) in [6.07, 6.45) is -2.14. The molecule has 0 unspecified atom stereocenters. The van der Waals surface area contributed by atoms with E-state index in [9.17, 15) is 10.2 Å². The van der Waals surface area contributed by atoms with Crippen LogP contribution < -0.4 is 5.73 Å². The number of nitrogens with two attached hydrogens (primary N) is 1. The fraction of sp³-hybridized carbons (Fsp3) is 0.545. The van der Waals surface area contributed by atoms with Crippen LogP contribution in [-0.2, 0) is 4.74 Å². The number of hydrogen-bond acceptors (Lipinski definition) is 7. The Labute approximate surface area is 119 Å². The van der Waals surface area contributed by atoms with E-state index in [2.05, 4.69) is 15.0 Å². The third-order valence-corrected chi connectivity index (χ3v) is 3.58. The van der Waals surface area contributed by atoms with Crippen LogP contribution in [-0.4, -0.2) is 54.6 Å². The Bertz CT molecular complexity index is 648. The molecular weight excluding hydrogens is 286 g/mol. The van der Waals surface area contributed by atoms with Crippen LogP contribution >= 0.6 is 11.6 Å². The number of imidazole rings is 1. The molecule has 2 aromatic rings. The van der Waals surface area contributed by atoms with E-state index in [4.69, 9.17) is 22.1 Å². The normalized spacial score (nSPS) is 30.2. The minimum Gasteiger partial charge on any atom is -0.387 e. The quantitative estimate of drug-likeness (QED) is 0.631. The highest BCUT2D eigenvalue weighted by atomic mass is 35.5. The number of aromatic nitrogens is 4. The van der Waals surface area contributed by atoms with Gasteiger partial charge in [-0.05, 0) is 18.5 Å². The molecule has 0 bridgehead atoms. The molecule has 1 aliphatic heterocycles. The molecule has 1 saturated heterocycles. The summed E-state index contributed by atoms with van der Waals surface area (Å²) in [6.45, 7) is 1.87. The van der Waals surface area contributed by atoms with Gasteiger partial charge in [-0.1, -0.05) is 0 Å². The van der Waals surface area contributed by atoms with Gasteiger partial charge in [0.25, 0.3) is 0 Å². The summed E-state index contributed by atoms with van der Waals surface area (Å²) < 4.78 is 7.09. The fourth-order valence-corrected chi connectivity index (χ4v) is 2.57. The van der Waals surface area contributed by atoms with Crippen molar-refractivity contribution in [3.05, 3.63) is 17.3 Å². The molecule has 0 aliphatic carbocycles. The minimum atomic E-state index is -1.12. The van der Waals surface area contributed by atoms with Gasteiger partial charge in [-0.15, -0.1) is 0 Å². The summed E-state index contributed by atoms with van der Waals surface area (Å²) in [5.41, 5.74) is 7.13. The number of aliphatic hydroxyl groups is 2. The predicted molar refractivity (Wildman–Crippen MR) is 70.0 cm³/mol. The van der Waals surface area contributed by atoms with E-state index in [-0.39, 0.29) is 11.8 Å². The summed E-state index contributed by atoms with van der Waals surface area (Å²) in [4.78, 5) is 12.3. The lowest BCUT2D eigenvalue weighted by Crippen LogP contribution is -2.35. The number of fused-ring (bicyclic) bond motifs is 1. The molecule has 1 fully saturated rings. The third-order valence-electron chi connectivity index (χ3n) is 3.41. The molecule has 0 amide bonds. The number of rotatable bonds is 2. The maximum atomic E-state index is 10.1. The van der Waals surface area contributed by atoms with Crippen LogP contribution in [0.5, 0.6) is 0 Å². The Balaban J connectivity index is 2.07. The Morgan fingerprint density at radius 1 is 1.40 bits per heavy atom. The molecule has 0 aromatic carbocycles. The van der Waals surface area contributed by atoms with E-state index in [1.807, 2.05) is 0 Å². The topological polar surface area (TPSA) is 119 Å². The van der Waals surface area contributed by atoms with Gasteiger partial charge in [-0.2, -0.15) is 4.98 Å². The molecule has 20 heavy (non-hydrogen) atoms. The van der Waals surface area contributed by atoms with Gasteiger partial charge < -0.3 is 20.7 Å². The van der Waals surface area contributed by atoms with Crippen molar-refractivity contribution in [2.45, 2.75) is 31.5 Å². The summed E-state index contributed by atoms with van der Waals surface area (Å²) >= 11 is 5.84. The first-order valence-electron chi connectivity index (χ1n) is 6.11. The van der Waals surface area contributed by atoms with E-state index in [0.29, 0.717) is 16.9 Å². The number of aliphatic hydroxyl groups excluding tert-OH is 2. The lowest BCUT2D eigenvalue weighted by molar-refractivity contribution is -0.0322. The zero-order valence-electron chi connectivity index (χ0n) is 10.6. The van der Waals surface area contributed by atoms with E-state index in [1.54, 1.807) is 6.92 Å². The van der Waals surface area contributed by atoms with Crippen LogP contribution in [0, 0.1) is 6.92 Å². The lowest BCUT2D eigenvalue weighted by Gasteiger charge is -2.16. The molecule has 108 valence electrons. The van der Waals surface area contributed by atoms with Crippen molar-refractivity contribution in [2.75, 3.05) is 6.54 Å². The van der Waals surface area contributed by atoms with Gasteiger partial charge in [0.15, 0.2) is 11.9 Å². The first kappa shape index (κ1) is 13.7. The summed E-state index contributed by atoms with van der Waals surface area (Å²) in [6, 6.07) is 0. The molecule has 8 nitrogen and oxygen atoms in total. The van der Waals surface area contributed by atoms with E-state index in [1.165, 1.54) is 10.9 Å². The molecule has 4 N–H and O–H groups in total. The molecule has 2 aromatic heterocycles. The second-order valence-corrected chi connectivity index (χ2v) is 5.02. The van der Waals surface area contributed by atoms with Gasteiger partial charge in [0, 0.05) is 6.54 Å². The van der Waals surface area contributed by atoms with Crippen molar-refractivity contribution in [1.82, 2.24) is 19.5 Å². The lowest BCUT2D eigenvalue weighted by atomic mass is 10.1. The molecule has 3 heterocycles. The van der Waals surface area contributed by atoms with Gasteiger partial charge in [0.05, 0.1) is 12.0 Å². The number of halogens is 1. The maximum absolute atomic E-state index is 10.1. The highest BCUT2D eigenvalue weighted by Crippen LogP contribution is 2.31. The number of aryl methyl sites for hydroxylation is 1. The van der Waals surface area contributed by atoms with Crippen molar-refractivity contribution in [3.63, 3.8) is 0 Å². The Morgan fingerprint density at radius 2 is 2.15 bits per heavy atom. The summed E-state index contributed by atoms with van der Waals surface area (Å²) in [5, 5.41) is 20.0. The highest BCUT2D eigenvalue weighted by Gasteiger charge is 2.43. The zero-order chi connectivity index (χ0) is 14.4. The third kappa shape index (κ3) is 1.97. The number of nitrogens with zero attached hydrogens (tertiary/aromatic N) is 4. The Kier molecular flexibility index (Phi) is 3.35. The van der Waals surface area contributed by atoms with E-state index in [0.717, 1.165) is 0 Å². The number of ether oxygens (including phenoxy) is 1. The van der Waals surface area contributed by atoms with Crippen molar-refractivity contribution in [2.24, 2.45) is 5.73 Å². The molecule has 0 radical (unpaired) electrons. The van der Waals surface area contributed by atoms with Gasteiger partial charge in [-0.25, -0.2) is 9.97 Å². The fourth-order valence-electron chi connectivity index (χ4n) is 2.36. The van der Waals surface area contributed by atoms with Crippen molar-refractivity contribution in [1.29, 1.82) is 0 Å². The number of hydrogen-bond donors (Lipinski definition) is 3. The zero-order valence-corrected chi connectivity index (χ0v) is 11.4. The van der Waals surface area contributed by atoms with Crippen molar-refractivity contribution >= 4 is 22.8 Å². The molecule has 0 saturated carbocycles. The predicted octanol–water partition coefficient (Wildman–Crippen LogP) is -0.634. The molecule has 9 heteroatoms. The van der Waals surface area contributed by atoms with Crippen LogP contribution in [0.2, 0.25) is 5.28 Å². The minimum absolute atomic E-state index is 0.0835. The van der Waals surface area contributed by atoms with Crippen molar-refractivity contribution < 1.29 is 14.9 Å². The van der Waals surface area contributed by atoms with Crippen LogP contribution in [0.3, 0.4) is 0 Å². The van der Waals surface area contributed by atoms with E-state index < -0.39 is 24.5 Å². The van der Waals surface area contributed by atoms with Gasteiger partial charge in [0.1, 0.15) is 23.8 Å². The maximum Gasteiger partial charge on any atom is 0.224 e. The molecular formula is C11H14ClN5O3. The summed E-state index contributed by atoms with van der Waals surface area (Å²) in [7, 11) is 0. The van der Waals surface area contributed by atoms with Gasteiger partial charge >= 0.3 is 0 Å². The van der Waals surface area contributed by atoms with Crippen LogP contribution in [0.4, 0.5) is 0 Å². The average molecular weight is 300 g/mol. The smallest absolute Gasteiger partial charge is 0.224 e. The second-order valence-electron chi connectivity index (χ2n) is 4.68. The SMILES string of the molecule is Cc1nc(Cl)nc2c1ncn2[C@@H]1O[C@H](CN)[C@@H](O)[C@H]1O. The Morgan fingerprint density at radius 3 is 2.80 bits per heavy atom.